The maximum absolute atomic E-state index is 9.18. The maximum atomic E-state index is 9.18. The smallest absolute Gasteiger partial charge is 0.148 e. The van der Waals surface area contributed by atoms with Gasteiger partial charge in [0.25, 0.3) is 0 Å². The molecule has 0 unspecified atom stereocenters. The Hall–Kier alpha value is -1.75. The van der Waals surface area contributed by atoms with Crippen LogP contribution in [0.15, 0.2) is 18.5 Å². The molecule has 5 nitrogen and oxygen atoms in total. The Bertz CT molecular complexity index is 478. The number of aliphatic hydroxyl groups excluding tert-OH is 1. The van der Waals surface area contributed by atoms with Crippen molar-refractivity contribution < 1.29 is 5.11 Å². The van der Waals surface area contributed by atoms with Crippen molar-refractivity contribution in [3.05, 3.63) is 35.7 Å². The zero-order valence-electron chi connectivity index (χ0n) is 8.68. The molecule has 0 aliphatic carbocycles. The van der Waals surface area contributed by atoms with Gasteiger partial charge in [-0.05, 0) is 19.9 Å². The Morgan fingerprint density at radius 3 is 2.80 bits per heavy atom. The zero-order valence-corrected chi connectivity index (χ0v) is 8.68. The largest absolute Gasteiger partial charge is 0.392 e. The average Bonchev–Trinajstić information content (AvgIpc) is 2.57. The van der Waals surface area contributed by atoms with Gasteiger partial charge >= 0.3 is 0 Å². The number of hydrogen-bond acceptors (Lipinski definition) is 4. The Morgan fingerprint density at radius 1 is 1.40 bits per heavy atom. The summed E-state index contributed by atoms with van der Waals surface area (Å²) in [4.78, 5) is 8.17. The lowest BCUT2D eigenvalue weighted by Gasteiger charge is -2.06. The van der Waals surface area contributed by atoms with E-state index in [1.165, 1.54) is 0 Å². The van der Waals surface area contributed by atoms with E-state index in [0.717, 1.165) is 17.1 Å². The number of aromatic nitrogens is 4. The summed E-state index contributed by atoms with van der Waals surface area (Å²) in [6.45, 7) is 3.66. The predicted octanol–water partition coefficient (Wildman–Crippen LogP) is 0.771. The molecule has 2 aromatic rings. The molecule has 0 radical (unpaired) electrons. The average molecular weight is 204 g/mol. The van der Waals surface area contributed by atoms with Crippen molar-refractivity contribution in [2.45, 2.75) is 20.5 Å². The van der Waals surface area contributed by atoms with E-state index in [2.05, 4.69) is 15.1 Å². The molecule has 0 aromatic carbocycles. The lowest BCUT2D eigenvalue weighted by atomic mass is 10.2. The van der Waals surface area contributed by atoms with Crippen LogP contribution in [-0.4, -0.2) is 24.9 Å². The Balaban J connectivity index is 2.58. The lowest BCUT2D eigenvalue weighted by molar-refractivity contribution is 0.281. The normalized spacial score (nSPS) is 10.6. The predicted molar refractivity (Wildman–Crippen MR) is 54.6 cm³/mol. The molecule has 0 aliphatic rings. The number of hydrogen-bond donors (Lipinski definition) is 1. The van der Waals surface area contributed by atoms with Crippen LogP contribution >= 0.6 is 0 Å². The van der Waals surface area contributed by atoms with Crippen molar-refractivity contribution in [3.63, 3.8) is 0 Å². The minimum absolute atomic E-state index is 0.0540. The van der Waals surface area contributed by atoms with Crippen molar-refractivity contribution in [3.8, 4) is 5.69 Å². The number of aliphatic hydroxyl groups is 1. The molecule has 1 N–H and O–H groups in total. The van der Waals surface area contributed by atoms with Crippen LogP contribution < -0.4 is 0 Å². The molecule has 15 heavy (non-hydrogen) atoms. The van der Waals surface area contributed by atoms with Gasteiger partial charge in [0.2, 0.25) is 0 Å². The van der Waals surface area contributed by atoms with Gasteiger partial charge in [-0.2, -0.15) is 5.10 Å². The van der Waals surface area contributed by atoms with Crippen molar-refractivity contribution >= 4 is 0 Å². The molecule has 0 spiro atoms. The van der Waals surface area contributed by atoms with Crippen LogP contribution in [0.1, 0.15) is 17.2 Å². The van der Waals surface area contributed by atoms with Crippen molar-refractivity contribution in [2.75, 3.05) is 0 Å². The molecule has 2 heterocycles. The Labute approximate surface area is 87.4 Å². The second kappa shape index (κ2) is 3.78. The first-order valence-corrected chi connectivity index (χ1v) is 4.66. The summed E-state index contributed by atoms with van der Waals surface area (Å²) in [5.41, 5.74) is 1.57. The summed E-state index contributed by atoms with van der Waals surface area (Å²) >= 11 is 0. The second-order valence-corrected chi connectivity index (χ2v) is 3.28. The molecule has 0 atom stereocenters. The Morgan fingerprint density at radius 2 is 2.20 bits per heavy atom. The molecule has 0 saturated carbocycles. The first-order valence-electron chi connectivity index (χ1n) is 4.66. The summed E-state index contributed by atoms with van der Waals surface area (Å²) in [5, 5.41) is 13.4. The highest BCUT2D eigenvalue weighted by Crippen LogP contribution is 2.13. The molecule has 0 bridgehead atoms. The molecule has 2 aromatic heterocycles. The van der Waals surface area contributed by atoms with Crippen LogP contribution in [0.4, 0.5) is 0 Å². The minimum Gasteiger partial charge on any atom is -0.392 e. The second-order valence-electron chi connectivity index (χ2n) is 3.28. The highest BCUT2D eigenvalue weighted by molar-refractivity contribution is 5.38. The fraction of sp³-hybridized carbons (Fsp3) is 0.300. The van der Waals surface area contributed by atoms with Gasteiger partial charge in [0.15, 0.2) is 0 Å². The highest BCUT2D eigenvalue weighted by Gasteiger charge is 2.08. The van der Waals surface area contributed by atoms with Gasteiger partial charge in [-0.25, -0.2) is 9.67 Å². The molecule has 0 amide bonds. The standard InChI is InChI=1S/C10H12N4O/c1-7-12-8(2)14(13-7)10-3-4-11-5-9(10)6-15/h3-5,15H,6H2,1-2H3. The molecular formula is C10H12N4O. The van der Waals surface area contributed by atoms with E-state index in [-0.39, 0.29) is 6.61 Å². The number of pyridine rings is 1. The fourth-order valence-electron chi connectivity index (χ4n) is 1.50. The van der Waals surface area contributed by atoms with Gasteiger partial charge in [-0.1, -0.05) is 0 Å². The number of aryl methyl sites for hydroxylation is 2. The third kappa shape index (κ3) is 1.73. The topological polar surface area (TPSA) is 63.8 Å². The van der Waals surface area contributed by atoms with Gasteiger partial charge in [-0.3, -0.25) is 4.98 Å². The van der Waals surface area contributed by atoms with E-state index >= 15 is 0 Å². The van der Waals surface area contributed by atoms with Crippen molar-refractivity contribution in [1.82, 2.24) is 19.7 Å². The third-order valence-corrected chi connectivity index (χ3v) is 2.15. The van der Waals surface area contributed by atoms with Gasteiger partial charge < -0.3 is 5.11 Å². The van der Waals surface area contributed by atoms with Gasteiger partial charge in [-0.15, -0.1) is 0 Å². The first-order chi connectivity index (χ1) is 7.22. The van der Waals surface area contributed by atoms with Crippen molar-refractivity contribution in [1.29, 1.82) is 0 Å². The minimum atomic E-state index is -0.0540. The molecule has 0 fully saturated rings. The number of rotatable bonds is 2. The van der Waals surface area contributed by atoms with Crippen LogP contribution in [-0.2, 0) is 6.61 Å². The summed E-state index contributed by atoms with van der Waals surface area (Å²) < 4.78 is 1.71. The van der Waals surface area contributed by atoms with E-state index in [4.69, 9.17) is 0 Å². The van der Waals surface area contributed by atoms with Gasteiger partial charge in [0.05, 0.1) is 12.3 Å². The highest BCUT2D eigenvalue weighted by atomic mass is 16.3. The van der Waals surface area contributed by atoms with Crippen LogP contribution in [0, 0.1) is 13.8 Å². The van der Waals surface area contributed by atoms with Crippen molar-refractivity contribution in [2.24, 2.45) is 0 Å². The van der Waals surface area contributed by atoms with Crippen LogP contribution in [0.3, 0.4) is 0 Å². The van der Waals surface area contributed by atoms with Gasteiger partial charge in [0, 0.05) is 18.0 Å². The van der Waals surface area contributed by atoms with E-state index < -0.39 is 0 Å². The van der Waals surface area contributed by atoms with E-state index in [9.17, 15) is 5.11 Å². The zero-order chi connectivity index (χ0) is 10.8. The van der Waals surface area contributed by atoms with Crippen LogP contribution in [0.5, 0.6) is 0 Å². The molecule has 78 valence electrons. The number of nitrogens with zero attached hydrogens (tertiary/aromatic N) is 4. The summed E-state index contributed by atoms with van der Waals surface area (Å²) in [6.07, 6.45) is 3.30. The molecule has 0 aliphatic heterocycles. The first kappa shape index (κ1) is 9.79. The van der Waals surface area contributed by atoms with E-state index in [0.29, 0.717) is 5.82 Å². The van der Waals surface area contributed by atoms with E-state index in [1.807, 2.05) is 19.9 Å². The third-order valence-electron chi connectivity index (χ3n) is 2.15. The maximum Gasteiger partial charge on any atom is 0.148 e. The van der Waals surface area contributed by atoms with Crippen LogP contribution in [0.2, 0.25) is 0 Å². The Kier molecular flexibility index (Phi) is 2.47. The summed E-state index contributed by atoms with van der Waals surface area (Å²) in [7, 11) is 0. The quantitative estimate of drug-likeness (QED) is 0.784. The molecule has 5 heteroatoms. The molecule has 0 saturated heterocycles. The monoisotopic (exact) mass is 204 g/mol. The fourth-order valence-corrected chi connectivity index (χ4v) is 1.50. The van der Waals surface area contributed by atoms with Gasteiger partial charge in [0.1, 0.15) is 11.6 Å². The summed E-state index contributed by atoms with van der Waals surface area (Å²) in [6, 6.07) is 1.81. The molecule has 2 rings (SSSR count). The van der Waals surface area contributed by atoms with E-state index in [1.54, 1.807) is 17.1 Å². The summed E-state index contributed by atoms with van der Waals surface area (Å²) in [5.74, 6) is 1.52. The lowest BCUT2D eigenvalue weighted by Crippen LogP contribution is -2.04. The van der Waals surface area contributed by atoms with Crippen LogP contribution in [0.25, 0.3) is 5.69 Å². The SMILES string of the molecule is Cc1nc(C)n(-c2ccncc2CO)n1. The molecular weight excluding hydrogens is 192 g/mol.